The van der Waals surface area contributed by atoms with E-state index < -0.39 is 6.04 Å². The zero-order valence-corrected chi connectivity index (χ0v) is 11.5. The fourth-order valence-corrected chi connectivity index (χ4v) is 1.57. The molecule has 0 bridgehead atoms. The normalized spacial score (nSPS) is 12.0. The van der Waals surface area contributed by atoms with Gasteiger partial charge in [-0.25, -0.2) is 4.79 Å². The summed E-state index contributed by atoms with van der Waals surface area (Å²) in [5.41, 5.74) is 6.76. The molecule has 0 saturated heterocycles. The second-order valence-electron chi connectivity index (χ2n) is 4.18. The van der Waals surface area contributed by atoms with Gasteiger partial charge in [0, 0.05) is 11.9 Å². The summed E-state index contributed by atoms with van der Waals surface area (Å²) in [6.45, 7) is 3.87. The fraction of sp³-hybridized carbons (Fsp3) is 0.417. The Morgan fingerprint density at radius 1 is 1.56 bits per heavy atom. The number of methoxy groups -OCH3 is 1. The Balaban J connectivity index is 2.90. The third-order valence-electron chi connectivity index (χ3n) is 2.46. The van der Waals surface area contributed by atoms with Crippen molar-refractivity contribution in [1.82, 2.24) is 4.98 Å². The van der Waals surface area contributed by atoms with Gasteiger partial charge in [0.1, 0.15) is 11.0 Å². The third kappa shape index (κ3) is 3.66. The molecular weight excluding hydrogens is 250 g/mol. The highest BCUT2D eigenvalue weighted by molar-refractivity contribution is 7.80. The van der Waals surface area contributed by atoms with Gasteiger partial charge in [-0.3, -0.25) is 4.98 Å². The van der Waals surface area contributed by atoms with Crippen molar-refractivity contribution < 1.29 is 9.53 Å². The van der Waals surface area contributed by atoms with Crippen LogP contribution >= 0.6 is 12.2 Å². The first-order chi connectivity index (χ1) is 8.45. The van der Waals surface area contributed by atoms with Gasteiger partial charge < -0.3 is 15.8 Å². The van der Waals surface area contributed by atoms with Crippen molar-refractivity contribution in [2.75, 3.05) is 12.4 Å². The number of thiocarbonyl (C=S) groups is 1. The lowest BCUT2D eigenvalue weighted by atomic mass is 10.0. The number of carbonyl (C=O) groups is 1. The van der Waals surface area contributed by atoms with Gasteiger partial charge in [0.2, 0.25) is 0 Å². The Kier molecular flexibility index (Phi) is 5.03. The van der Waals surface area contributed by atoms with Crippen molar-refractivity contribution >= 4 is 28.9 Å². The summed E-state index contributed by atoms with van der Waals surface area (Å²) in [5, 5.41) is 3.09. The van der Waals surface area contributed by atoms with Crippen molar-refractivity contribution in [3.63, 3.8) is 0 Å². The lowest BCUT2D eigenvalue weighted by Crippen LogP contribution is -2.35. The maximum atomic E-state index is 11.6. The van der Waals surface area contributed by atoms with Crippen molar-refractivity contribution in [3.8, 4) is 0 Å². The second kappa shape index (κ2) is 6.30. The van der Waals surface area contributed by atoms with Gasteiger partial charge in [-0.1, -0.05) is 26.1 Å². The fourth-order valence-electron chi connectivity index (χ4n) is 1.46. The summed E-state index contributed by atoms with van der Waals surface area (Å²) >= 11 is 4.86. The van der Waals surface area contributed by atoms with E-state index in [2.05, 4.69) is 10.3 Å². The van der Waals surface area contributed by atoms with E-state index in [1.54, 1.807) is 18.3 Å². The van der Waals surface area contributed by atoms with Crippen molar-refractivity contribution in [2.45, 2.75) is 19.9 Å². The maximum absolute atomic E-state index is 11.6. The van der Waals surface area contributed by atoms with Crippen LogP contribution in [0.2, 0.25) is 0 Å². The van der Waals surface area contributed by atoms with E-state index in [-0.39, 0.29) is 16.9 Å². The molecule has 0 aliphatic heterocycles. The molecule has 0 saturated carbocycles. The molecule has 1 unspecified atom stereocenters. The maximum Gasteiger partial charge on any atom is 0.328 e. The molecule has 98 valence electrons. The average Bonchev–Trinajstić information content (AvgIpc) is 2.35. The van der Waals surface area contributed by atoms with E-state index in [1.165, 1.54) is 7.11 Å². The van der Waals surface area contributed by atoms with Crippen molar-refractivity contribution in [2.24, 2.45) is 11.7 Å². The number of anilines is 1. The predicted octanol–water partition coefficient (Wildman–Crippen LogP) is 1.33. The van der Waals surface area contributed by atoms with Crippen LogP contribution in [-0.2, 0) is 9.53 Å². The molecule has 5 nitrogen and oxygen atoms in total. The quantitative estimate of drug-likeness (QED) is 0.619. The molecule has 0 spiro atoms. The van der Waals surface area contributed by atoms with E-state index >= 15 is 0 Å². The number of carbonyl (C=O) groups excluding carboxylic acids is 1. The molecule has 18 heavy (non-hydrogen) atoms. The lowest BCUT2D eigenvalue weighted by Gasteiger charge is -2.21. The van der Waals surface area contributed by atoms with Crippen LogP contribution in [-0.4, -0.2) is 29.1 Å². The molecule has 0 fully saturated rings. The molecule has 0 aliphatic rings. The van der Waals surface area contributed by atoms with E-state index in [9.17, 15) is 4.79 Å². The van der Waals surface area contributed by atoms with Crippen LogP contribution in [0.5, 0.6) is 0 Å². The summed E-state index contributed by atoms with van der Waals surface area (Å²) < 4.78 is 4.76. The number of rotatable bonds is 5. The van der Waals surface area contributed by atoms with Gasteiger partial charge >= 0.3 is 5.97 Å². The first-order valence-corrected chi connectivity index (χ1v) is 5.96. The monoisotopic (exact) mass is 267 g/mol. The summed E-state index contributed by atoms with van der Waals surface area (Å²) in [5.74, 6) is -0.211. The number of nitrogens with two attached hydrogens (primary N) is 1. The Labute approximate surface area is 112 Å². The minimum Gasteiger partial charge on any atom is -0.467 e. The highest BCUT2D eigenvalue weighted by Gasteiger charge is 2.22. The summed E-state index contributed by atoms with van der Waals surface area (Å²) in [6, 6.07) is 3.04. The van der Waals surface area contributed by atoms with Crippen molar-refractivity contribution in [1.29, 1.82) is 0 Å². The molecule has 0 aliphatic carbocycles. The van der Waals surface area contributed by atoms with Crippen LogP contribution in [0.1, 0.15) is 19.5 Å². The Morgan fingerprint density at radius 2 is 2.22 bits per heavy atom. The molecular formula is C12H17N3O2S. The number of esters is 1. The zero-order valence-electron chi connectivity index (χ0n) is 10.6. The van der Waals surface area contributed by atoms with E-state index in [4.69, 9.17) is 22.7 Å². The molecule has 1 rings (SSSR count). The summed E-state index contributed by atoms with van der Waals surface area (Å²) in [4.78, 5) is 15.9. The molecule has 1 atom stereocenters. The summed E-state index contributed by atoms with van der Waals surface area (Å²) in [7, 11) is 1.37. The van der Waals surface area contributed by atoms with E-state index in [0.29, 0.717) is 5.69 Å². The highest BCUT2D eigenvalue weighted by atomic mass is 32.1. The van der Waals surface area contributed by atoms with Gasteiger partial charge in [0.05, 0.1) is 12.8 Å². The number of nitrogens with one attached hydrogen (secondary N) is 1. The minimum atomic E-state index is -0.420. The molecule has 1 aromatic heterocycles. The zero-order chi connectivity index (χ0) is 13.7. The molecule has 1 heterocycles. The number of hydrogen-bond donors (Lipinski definition) is 2. The molecule has 0 amide bonds. The second-order valence-corrected chi connectivity index (χ2v) is 4.62. The minimum absolute atomic E-state index is 0.0962. The SMILES string of the molecule is COC(=O)C(Nc1ccnc(C(N)=S)c1)C(C)C. The van der Waals surface area contributed by atoms with Crippen LogP contribution < -0.4 is 11.1 Å². The highest BCUT2D eigenvalue weighted by Crippen LogP contribution is 2.14. The summed E-state index contributed by atoms with van der Waals surface area (Å²) in [6.07, 6.45) is 1.59. The molecule has 0 radical (unpaired) electrons. The first-order valence-electron chi connectivity index (χ1n) is 5.56. The standard InChI is InChI=1S/C12H17N3O2S/c1-7(2)10(12(16)17-3)15-8-4-5-14-9(6-8)11(13)18/h4-7,10H,1-3H3,(H2,13,18)(H,14,15). The van der Waals surface area contributed by atoms with Crippen LogP contribution in [0, 0.1) is 5.92 Å². The first kappa shape index (κ1) is 14.4. The number of aromatic nitrogens is 1. The van der Waals surface area contributed by atoms with Crippen LogP contribution in [0.4, 0.5) is 5.69 Å². The average molecular weight is 267 g/mol. The molecule has 3 N–H and O–H groups in total. The lowest BCUT2D eigenvalue weighted by molar-refractivity contribution is -0.142. The molecule has 6 heteroatoms. The molecule has 1 aromatic rings. The topological polar surface area (TPSA) is 77.2 Å². The van der Waals surface area contributed by atoms with Gasteiger partial charge in [-0.2, -0.15) is 0 Å². The van der Waals surface area contributed by atoms with Gasteiger partial charge in [0.25, 0.3) is 0 Å². The van der Waals surface area contributed by atoms with Gasteiger partial charge in [0.15, 0.2) is 0 Å². The predicted molar refractivity (Wildman–Crippen MR) is 74.4 cm³/mol. The number of nitrogens with zero attached hydrogens (tertiary/aromatic N) is 1. The van der Waals surface area contributed by atoms with Crippen LogP contribution in [0.15, 0.2) is 18.3 Å². The number of ether oxygens (including phenoxy) is 1. The number of hydrogen-bond acceptors (Lipinski definition) is 5. The van der Waals surface area contributed by atoms with Crippen LogP contribution in [0.25, 0.3) is 0 Å². The van der Waals surface area contributed by atoms with E-state index in [1.807, 2.05) is 13.8 Å². The largest absolute Gasteiger partial charge is 0.467 e. The van der Waals surface area contributed by atoms with Gasteiger partial charge in [-0.05, 0) is 18.1 Å². The Bertz CT molecular complexity index is 449. The van der Waals surface area contributed by atoms with E-state index in [0.717, 1.165) is 5.69 Å². The Morgan fingerprint density at radius 3 is 2.72 bits per heavy atom. The molecule has 0 aromatic carbocycles. The smallest absolute Gasteiger partial charge is 0.328 e. The van der Waals surface area contributed by atoms with Crippen LogP contribution in [0.3, 0.4) is 0 Å². The number of pyridine rings is 1. The van der Waals surface area contributed by atoms with Crippen molar-refractivity contribution in [3.05, 3.63) is 24.0 Å². The third-order valence-corrected chi connectivity index (χ3v) is 2.67. The Hall–Kier alpha value is -1.69. The van der Waals surface area contributed by atoms with Gasteiger partial charge in [-0.15, -0.1) is 0 Å².